The highest BCUT2D eigenvalue weighted by atomic mass is 16.1. The van der Waals surface area contributed by atoms with E-state index in [9.17, 15) is 4.79 Å². The lowest BCUT2D eigenvalue weighted by Gasteiger charge is -2.07. The summed E-state index contributed by atoms with van der Waals surface area (Å²) in [5.41, 5.74) is 2.61. The van der Waals surface area contributed by atoms with E-state index in [0.29, 0.717) is 11.6 Å². The van der Waals surface area contributed by atoms with Gasteiger partial charge in [-0.2, -0.15) is 4.98 Å². The number of benzene rings is 2. The van der Waals surface area contributed by atoms with Crippen LogP contribution in [0.4, 0.5) is 5.69 Å². The molecule has 0 spiro atoms. The summed E-state index contributed by atoms with van der Waals surface area (Å²) < 4.78 is 1.66. The second kappa shape index (κ2) is 5.98. The van der Waals surface area contributed by atoms with Crippen LogP contribution in [0.5, 0.6) is 0 Å². The third-order valence-corrected chi connectivity index (χ3v) is 4.04. The molecule has 0 saturated carbocycles. The van der Waals surface area contributed by atoms with Crippen molar-refractivity contribution in [2.45, 2.75) is 20.3 Å². The highest BCUT2D eigenvalue weighted by molar-refractivity contribution is 6.02. The number of hydrogen-bond donors (Lipinski definition) is 1. The molecule has 1 N–H and O–H groups in total. The topological polar surface area (TPSA) is 72.2 Å². The van der Waals surface area contributed by atoms with Crippen LogP contribution in [0.1, 0.15) is 17.2 Å². The van der Waals surface area contributed by atoms with Crippen LogP contribution in [0.3, 0.4) is 0 Å². The molecule has 6 nitrogen and oxygen atoms in total. The smallest absolute Gasteiger partial charge is 0.252 e. The summed E-state index contributed by atoms with van der Waals surface area (Å²) >= 11 is 0. The number of aromatic nitrogens is 4. The molecule has 124 valence electrons. The summed E-state index contributed by atoms with van der Waals surface area (Å²) in [6, 6.07) is 15.7. The van der Waals surface area contributed by atoms with Gasteiger partial charge in [0, 0.05) is 22.5 Å². The molecule has 0 fully saturated rings. The summed E-state index contributed by atoms with van der Waals surface area (Å²) in [4.78, 5) is 21.1. The Kier molecular flexibility index (Phi) is 3.65. The summed E-state index contributed by atoms with van der Waals surface area (Å²) in [7, 11) is 0. The van der Waals surface area contributed by atoms with Gasteiger partial charge in [-0.15, -0.1) is 5.10 Å². The van der Waals surface area contributed by atoms with E-state index in [4.69, 9.17) is 0 Å². The molecule has 0 aliphatic heterocycles. The number of anilines is 1. The van der Waals surface area contributed by atoms with Crippen LogP contribution < -0.4 is 5.32 Å². The van der Waals surface area contributed by atoms with Gasteiger partial charge in [0.2, 0.25) is 5.91 Å². The Morgan fingerprint density at radius 3 is 2.76 bits per heavy atom. The minimum Gasteiger partial charge on any atom is -0.325 e. The first kappa shape index (κ1) is 15.3. The predicted molar refractivity (Wildman–Crippen MR) is 96.5 cm³/mol. The molecule has 2 heterocycles. The molecule has 0 radical (unpaired) electrons. The molecule has 2 aromatic carbocycles. The first-order valence-electron chi connectivity index (χ1n) is 8.08. The van der Waals surface area contributed by atoms with Crippen molar-refractivity contribution in [3.8, 4) is 0 Å². The Morgan fingerprint density at radius 1 is 1.08 bits per heavy atom. The first-order valence-corrected chi connectivity index (χ1v) is 8.08. The number of rotatable bonds is 3. The van der Waals surface area contributed by atoms with Crippen LogP contribution in [-0.2, 0) is 11.2 Å². The molecule has 4 rings (SSSR count). The van der Waals surface area contributed by atoms with E-state index in [0.717, 1.165) is 27.8 Å². The second-order valence-electron chi connectivity index (χ2n) is 6.03. The SMILES string of the molecule is Cc1cc(C)n2nc(CC(=O)Nc3cccc4ccccc34)nc2n1. The maximum Gasteiger partial charge on any atom is 0.252 e. The average molecular weight is 331 g/mol. The lowest BCUT2D eigenvalue weighted by Crippen LogP contribution is -2.15. The molecular weight excluding hydrogens is 314 g/mol. The van der Waals surface area contributed by atoms with E-state index in [2.05, 4.69) is 20.4 Å². The fraction of sp³-hybridized carbons (Fsp3) is 0.158. The van der Waals surface area contributed by atoms with Gasteiger partial charge in [0.05, 0.1) is 6.42 Å². The van der Waals surface area contributed by atoms with E-state index in [1.807, 2.05) is 62.4 Å². The number of fused-ring (bicyclic) bond motifs is 2. The van der Waals surface area contributed by atoms with E-state index in [1.54, 1.807) is 4.52 Å². The highest BCUT2D eigenvalue weighted by Crippen LogP contribution is 2.23. The number of aryl methyl sites for hydroxylation is 2. The average Bonchev–Trinajstić information content (AvgIpc) is 2.97. The van der Waals surface area contributed by atoms with Gasteiger partial charge in [-0.3, -0.25) is 4.79 Å². The van der Waals surface area contributed by atoms with Crippen molar-refractivity contribution in [1.29, 1.82) is 0 Å². The molecule has 0 saturated heterocycles. The highest BCUT2D eigenvalue weighted by Gasteiger charge is 2.12. The molecule has 1 amide bonds. The fourth-order valence-electron chi connectivity index (χ4n) is 2.96. The molecule has 0 aliphatic carbocycles. The number of hydrogen-bond acceptors (Lipinski definition) is 4. The van der Waals surface area contributed by atoms with Crippen LogP contribution in [0.2, 0.25) is 0 Å². The van der Waals surface area contributed by atoms with E-state index in [1.165, 1.54) is 0 Å². The van der Waals surface area contributed by atoms with Gasteiger partial charge in [-0.1, -0.05) is 36.4 Å². The summed E-state index contributed by atoms with van der Waals surface area (Å²) in [6.45, 7) is 3.85. The van der Waals surface area contributed by atoms with Gasteiger partial charge in [-0.25, -0.2) is 9.50 Å². The van der Waals surface area contributed by atoms with Crippen molar-refractivity contribution in [2.75, 3.05) is 5.32 Å². The predicted octanol–water partition coefficient (Wildman–Crippen LogP) is 3.08. The zero-order chi connectivity index (χ0) is 17.4. The molecule has 2 aromatic heterocycles. The Morgan fingerprint density at radius 2 is 1.88 bits per heavy atom. The van der Waals surface area contributed by atoms with Gasteiger partial charge in [0.25, 0.3) is 5.78 Å². The largest absolute Gasteiger partial charge is 0.325 e. The summed E-state index contributed by atoms with van der Waals surface area (Å²) in [6.07, 6.45) is 0.102. The van der Waals surface area contributed by atoms with Crippen LogP contribution in [0, 0.1) is 13.8 Å². The molecule has 0 atom stereocenters. The van der Waals surface area contributed by atoms with Gasteiger partial charge in [0.15, 0.2) is 5.82 Å². The van der Waals surface area contributed by atoms with Crippen LogP contribution >= 0.6 is 0 Å². The quantitative estimate of drug-likeness (QED) is 0.626. The van der Waals surface area contributed by atoms with Gasteiger partial charge in [-0.05, 0) is 31.4 Å². The molecule has 4 aromatic rings. The van der Waals surface area contributed by atoms with Crippen molar-refractivity contribution in [1.82, 2.24) is 19.6 Å². The standard InChI is InChI=1S/C19H17N5O/c1-12-10-13(2)24-19(20-12)22-17(23-24)11-18(25)21-16-9-5-7-14-6-3-4-8-15(14)16/h3-10H,11H2,1-2H3,(H,21,25). The fourth-order valence-corrected chi connectivity index (χ4v) is 2.96. The van der Waals surface area contributed by atoms with Gasteiger partial charge in [0.1, 0.15) is 0 Å². The summed E-state index contributed by atoms with van der Waals surface area (Å²) in [5, 5.41) is 9.43. The van der Waals surface area contributed by atoms with Crippen LogP contribution in [-0.4, -0.2) is 25.5 Å². The monoisotopic (exact) mass is 331 g/mol. The zero-order valence-corrected chi connectivity index (χ0v) is 14.0. The van der Waals surface area contributed by atoms with Crippen LogP contribution in [0.25, 0.3) is 16.6 Å². The molecular formula is C19H17N5O. The normalized spacial score (nSPS) is 11.1. The van der Waals surface area contributed by atoms with Gasteiger partial charge >= 0.3 is 0 Å². The number of amides is 1. The molecule has 0 unspecified atom stereocenters. The van der Waals surface area contributed by atoms with Gasteiger partial charge < -0.3 is 5.32 Å². The molecule has 6 heteroatoms. The van der Waals surface area contributed by atoms with Crippen LogP contribution in [0.15, 0.2) is 48.5 Å². The lowest BCUT2D eigenvalue weighted by atomic mass is 10.1. The lowest BCUT2D eigenvalue weighted by molar-refractivity contribution is -0.115. The number of carbonyl (C=O) groups is 1. The van der Waals surface area contributed by atoms with E-state index >= 15 is 0 Å². The minimum atomic E-state index is -0.151. The number of nitrogens with one attached hydrogen (secondary N) is 1. The molecule has 25 heavy (non-hydrogen) atoms. The van der Waals surface area contributed by atoms with E-state index in [-0.39, 0.29) is 12.3 Å². The Labute approximate surface area is 144 Å². The zero-order valence-electron chi connectivity index (χ0n) is 14.0. The minimum absolute atomic E-state index is 0.102. The Hall–Kier alpha value is -3.28. The molecule has 0 aliphatic rings. The Balaban J connectivity index is 1.59. The van der Waals surface area contributed by atoms with Crippen molar-refractivity contribution in [2.24, 2.45) is 0 Å². The van der Waals surface area contributed by atoms with Crippen molar-refractivity contribution >= 4 is 28.1 Å². The third-order valence-electron chi connectivity index (χ3n) is 4.04. The van der Waals surface area contributed by atoms with Crippen molar-refractivity contribution in [3.63, 3.8) is 0 Å². The second-order valence-corrected chi connectivity index (χ2v) is 6.03. The van der Waals surface area contributed by atoms with E-state index < -0.39 is 0 Å². The number of carbonyl (C=O) groups excluding carboxylic acids is 1. The Bertz CT molecular complexity index is 1090. The van der Waals surface area contributed by atoms with Crippen molar-refractivity contribution in [3.05, 3.63) is 65.7 Å². The molecule has 0 bridgehead atoms. The maximum absolute atomic E-state index is 12.4. The number of nitrogens with zero attached hydrogens (tertiary/aromatic N) is 4. The maximum atomic E-state index is 12.4. The third kappa shape index (κ3) is 2.94. The van der Waals surface area contributed by atoms with Crippen molar-refractivity contribution < 1.29 is 4.79 Å². The summed E-state index contributed by atoms with van der Waals surface area (Å²) in [5.74, 6) is 0.825. The first-order chi connectivity index (χ1) is 12.1.